The van der Waals surface area contributed by atoms with Crippen LogP contribution in [0.5, 0.6) is 0 Å². The highest BCUT2D eigenvalue weighted by molar-refractivity contribution is 4.81. The molecule has 0 amide bonds. The fourth-order valence-electron chi connectivity index (χ4n) is 1.30. The zero-order valence-corrected chi connectivity index (χ0v) is 6.45. The van der Waals surface area contributed by atoms with Crippen LogP contribution in [0.1, 0.15) is 13.3 Å². The standard InChI is InChI=1S/C7H16N2O/c1-2-9-4-3-6(8)7(10)5-9/h6-7,10H,2-5,8H2,1H3/t6-,7+/m1/s1. The van der Waals surface area contributed by atoms with Crippen LogP contribution in [0.2, 0.25) is 0 Å². The van der Waals surface area contributed by atoms with Gasteiger partial charge in [-0.1, -0.05) is 6.92 Å². The van der Waals surface area contributed by atoms with Gasteiger partial charge >= 0.3 is 0 Å². The van der Waals surface area contributed by atoms with Gasteiger partial charge in [0.25, 0.3) is 0 Å². The number of aliphatic hydroxyl groups excluding tert-OH is 1. The Bertz CT molecular complexity index is 108. The van der Waals surface area contributed by atoms with E-state index in [2.05, 4.69) is 11.8 Å². The summed E-state index contributed by atoms with van der Waals surface area (Å²) in [4.78, 5) is 2.22. The molecule has 0 aromatic heterocycles. The van der Waals surface area contributed by atoms with Gasteiger partial charge < -0.3 is 15.7 Å². The van der Waals surface area contributed by atoms with Crippen LogP contribution in [0.25, 0.3) is 0 Å². The van der Waals surface area contributed by atoms with Crippen LogP contribution in [0, 0.1) is 0 Å². The number of nitrogens with zero attached hydrogens (tertiary/aromatic N) is 1. The van der Waals surface area contributed by atoms with Crippen LogP contribution >= 0.6 is 0 Å². The molecule has 3 heteroatoms. The number of nitrogens with two attached hydrogens (primary N) is 1. The highest BCUT2D eigenvalue weighted by Gasteiger charge is 2.22. The van der Waals surface area contributed by atoms with Crippen molar-refractivity contribution in [1.82, 2.24) is 4.90 Å². The van der Waals surface area contributed by atoms with E-state index < -0.39 is 0 Å². The van der Waals surface area contributed by atoms with Gasteiger partial charge in [0, 0.05) is 12.6 Å². The quantitative estimate of drug-likeness (QED) is 0.516. The third-order valence-electron chi connectivity index (χ3n) is 2.17. The summed E-state index contributed by atoms with van der Waals surface area (Å²) in [5, 5.41) is 9.31. The smallest absolute Gasteiger partial charge is 0.0818 e. The van der Waals surface area contributed by atoms with E-state index in [0.717, 1.165) is 26.1 Å². The van der Waals surface area contributed by atoms with Gasteiger partial charge in [-0.05, 0) is 19.5 Å². The summed E-state index contributed by atoms with van der Waals surface area (Å²) in [6.07, 6.45) is 0.614. The molecule has 0 radical (unpaired) electrons. The van der Waals surface area contributed by atoms with Crippen molar-refractivity contribution in [2.24, 2.45) is 5.73 Å². The zero-order chi connectivity index (χ0) is 7.56. The van der Waals surface area contributed by atoms with Gasteiger partial charge in [0.2, 0.25) is 0 Å². The van der Waals surface area contributed by atoms with E-state index in [1.807, 2.05) is 0 Å². The lowest BCUT2D eigenvalue weighted by atomic mass is 10.0. The van der Waals surface area contributed by atoms with Crippen molar-refractivity contribution < 1.29 is 5.11 Å². The van der Waals surface area contributed by atoms with Gasteiger partial charge in [-0.3, -0.25) is 0 Å². The normalized spacial score (nSPS) is 36.3. The molecule has 0 aromatic carbocycles. The minimum Gasteiger partial charge on any atom is -0.390 e. The van der Waals surface area contributed by atoms with E-state index in [0.29, 0.717) is 0 Å². The fourth-order valence-corrected chi connectivity index (χ4v) is 1.30. The Labute approximate surface area is 61.8 Å². The molecule has 1 aliphatic heterocycles. The summed E-state index contributed by atoms with van der Waals surface area (Å²) in [6.45, 7) is 4.90. The fraction of sp³-hybridized carbons (Fsp3) is 1.00. The lowest BCUT2D eigenvalue weighted by molar-refractivity contribution is 0.0562. The van der Waals surface area contributed by atoms with Crippen molar-refractivity contribution in [3.05, 3.63) is 0 Å². The number of rotatable bonds is 1. The summed E-state index contributed by atoms with van der Waals surface area (Å²) < 4.78 is 0. The predicted molar refractivity (Wildman–Crippen MR) is 40.7 cm³/mol. The van der Waals surface area contributed by atoms with Gasteiger partial charge in [0.1, 0.15) is 0 Å². The van der Waals surface area contributed by atoms with Crippen LogP contribution < -0.4 is 5.73 Å². The first-order chi connectivity index (χ1) is 4.74. The summed E-state index contributed by atoms with van der Waals surface area (Å²) in [6, 6.07) is 0.00259. The molecule has 0 aromatic rings. The maximum atomic E-state index is 9.31. The van der Waals surface area contributed by atoms with Gasteiger partial charge in [-0.25, -0.2) is 0 Å². The molecule has 60 valence electrons. The number of piperidine rings is 1. The first kappa shape index (κ1) is 7.98. The van der Waals surface area contributed by atoms with Crippen molar-refractivity contribution in [3.63, 3.8) is 0 Å². The Balaban J connectivity index is 2.33. The third kappa shape index (κ3) is 1.68. The van der Waals surface area contributed by atoms with Crippen molar-refractivity contribution in [2.75, 3.05) is 19.6 Å². The van der Waals surface area contributed by atoms with Crippen LogP contribution in [-0.2, 0) is 0 Å². The molecule has 0 unspecified atom stereocenters. The lowest BCUT2D eigenvalue weighted by Crippen LogP contribution is -2.50. The second-order valence-corrected chi connectivity index (χ2v) is 2.91. The zero-order valence-electron chi connectivity index (χ0n) is 6.45. The predicted octanol–water partition coefficient (Wildman–Crippen LogP) is -0.600. The van der Waals surface area contributed by atoms with Gasteiger partial charge in [0.15, 0.2) is 0 Å². The average molecular weight is 144 g/mol. The number of hydrogen-bond acceptors (Lipinski definition) is 3. The van der Waals surface area contributed by atoms with Gasteiger partial charge in [-0.2, -0.15) is 0 Å². The molecule has 0 spiro atoms. The summed E-state index contributed by atoms with van der Waals surface area (Å²) in [7, 11) is 0. The van der Waals surface area contributed by atoms with Gasteiger partial charge in [-0.15, -0.1) is 0 Å². The lowest BCUT2D eigenvalue weighted by Gasteiger charge is -2.33. The first-order valence-electron chi connectivity index (χ1n) is 3.90. The van der Waals surface area contributed by atoms with Crippen LogP contribution in [0.15, 0.2) is 0 Å². The molecule has 2 atom stereocenters. The molecule has 0 aliphatic carbocycles. The second kappa shape index (κ2) is 3.32. The molecule has 1 aliphatic rings. The topological polar surface area (TPSA) is 49.5 Å². The Morgan fingerprint density at radius 3 is 2.90 bits per heavy atom. The SMILES string of the molecule is CCN1CC[C@@H](N)[C@@H](O)C1. The van der Waals surface area contributed by atoms with E-state index in [1.165, 1.54) is 0 Å². The monoisotopic (exact) mass is 144 g/mol. The highest BCUT2D eigenvalue weighted by Crippen LogP contribution is 2.07. The third-order valence-corrected chi connectivity index (χ3v) is 2.17. The molecule has 1 rings (SSSR count). The average Bonchev–Trinajstić information content (AvgIpc) is 1.95. The summed E-state index contributed by atoms with van der Waals surface area (Å²) in [5.74, 6) is 0. The van der Waals surface area contributed by atoms with Crippen LogP contribution in [0.4, 0.5) is 0 Å². The van der Waals surface area contributed by atoms with E-state index in [4.69, 9.17) is 5.73 Å². The Morgan fingerprint density at radius 2 is 2.40 bits per heavy atom. The highest BCUT2D eigenvalue weighted by atomic mass is 16.3. The maximum Gasteiger partial charge on any atom is 0.0818 e. The van der Waals surface area contributed by atoms with E-state index in [-0.39, 0.29) is 12.1 Å². The molecule has 3 N–H and O–H groups in total. The molecule has 3 nitrogen and oxygen atoms in total. The van der Waals surface area contributed by atoms with Crippen molar-refractivity contribution in [2.45, 2.75) is 25.5 Å². The second-order valence-electron chi connectivity index (χ2n) is 2.91. The van der Waals surface area contributed by atoms with Crippen molar-refractivity contribution in [3.8, 4) is 0 Å². The first-order valence-corrected chi connectivity index (χ1v) is 3.90. The molecule has 1 saturated heterocycles. The molecule has 0 saturated carbocycles. The van der Waals surface area contributed by atoms with E-state index in [1.54, 1.807) is 0 Å². The minimum absolute atomic E-state index is 0.00259. The molecule has 10 heavy (non-hydrogen) atoms. The Hall–Kier alpha value is -0.120. The molecule has 1 fully saturated rings. The minimum atomic E-state index is -0.311. The number of likely N-dealkylation sites (tertiary alicyclic amines) is 1. The largest absolute Gasteiger partial charge is 0.390 e. The summed E-state index contributed by atoms with van der Waals surface area (Å²) >= 11 is 0. The molecular weight excluding hydrogens is 128 g/mol. The number of β-amino-alcohol motifs (C(OH)–C–C–N with tert-alkyl or cyclic N) is 1. The summed E-state index contributed by atoms with van der Waals surface area (Å²) in [5.41, 5.74) is 5.62. The molecule has 1 heterocycles. The van der Waals surface area contributed by atoms with Crippen molar-refractivity contribution >= 4 is 0 Å². The number of likely N-dealkylation sites (N-methyl/N-ethyl adjacent to an activating group) is 1. The van der Waals surface area contributed by atoms with Crippen LogP contribution in [0.3, 0.4) is 0 Å². The Morgan fingerprint density at radius 1 is 1.70 bits per heavy atom. The number of aliphatic hydroxyl groups is 1. The van der Waals surface area contributed by atoms with Crippen LogP contribution in [-0.4, -0.2) is 41.8 Å². The van der Waals surface area contributed by atoms with E-state index >= 15 is 0 Å². The maximum absolute atomic E-state index is 9.31. The molecular formula is C7H16N2O. The Kier molecular flexibility index (Phi) is 2.65. The molecule has 0 bridgehead atoms. The van der Waals surface area contributed by atoms with Crippen molar-refractivity contribution in [1.29, 1.82) is 0 Å². The van der Waals surface area contributed by atoms with Gasteiger partial charge in [0.05, 0.1) is 6.10 Å². The van der Waals surface area contributed by atoms with E-state index in [9.17, 15) is 5.11 Å². The number of hydrogen-bond donors (Lipinski definition) is 2.